The Labute approximate surface area is 152 Å². The maximum absolute atomic E-state index is 12.5. The van der Waals surface area contributed by atoms with Gasteiger partial charge in [-0.05, 0) is 42.7 Å². The van der Waals surface area contributed by atoms with Gasteiger partial charge in [-0.3, -0.25) is 14.7 Å². The van der Waals surface area contributed by atoms with E-state index < -0.39 is 0 Å². The van der Waals surface area contributed by atoms with Crippen molar-refractivity contribution < 1.29 is 4.79 Å². The van der Waals surface area contributed by atoms with Gasteiger partial charge in [0.15, 0.2) is 0 Å². The van der Waals surface area contributed by atoms with Crippen LogP contribution in [-0.2, 0) is 19.5 Å². The summed E-state index contributed by atoms with van der Waals surface area (Å²) in [5.41, 5.74) is 1.26. The molecule has 1 saturated heterocycles. The third-order valence-electron chi connectivity index (χ3n) is 6.11. The van der Waals surface area contributed by atoms with Gasteiger partial charge in [0.1, 0.15) is 5.82 Å². The van der Waals surface area contributed by atoms with Crippen LogP contribution in [0.5, 0.6) is 0 Å². The summed E-state index contributed by atoms with van der Waals surface area (Å²) in [7, 11) is 0. The van der Waals surface area contributed by atoms with Crippen LogP contribution in [-0.4, -0.2) is 49.7 Å². The van der Waals surface area contributed by atoms with Crippen LogP contribution in [0.2, 0.25) is 0 Å². The highest BCUT2D eigenvalue weighted by Crippen LogP contribution is 2.33. The fraction of sp³-hybridized carbons (Fsp3) is 0.579. The minimum Gasteiger partial charge on any atom is -0.347 e. The summed E-state index contributed by atoms with van der Waals surface area (Å²) in [5, 5.41) is 11.6. The van der Waals surface area contributed by atoms with Gasteiger partial charge in [0.05, 0.1) is 0 Å². The van der Waals surface area contributed by atoms with Crippen LogP contribution in [0.25, 0.3) is 0 Å². The van der Waals surface area contributed by atoms with Crippen molar-refractivity contribution in [2.24, 2.45) is 11.8 Å². The molecule has 0 bridgehead atoms. The third-order valence-corrected chi connectivity index (χ3v) is 6.11. The molecule has 2 aromatic rings. The van der Waals surface area contributed by atoms with E-state index in [1.807, 2.05) is 18.5 Å². The van der Waals surface area contributed by atoms with Crippen LogP contribution in [0, 0.1) is 11.8 Å². The topological polar surface area (TPSA) is 75.9 Å². The SMILES string of the molecule is O=C(NC1CCC1)c1nnc2n1C[C@@H]1CN(Cc3cccnc3)C[C@H]1C2. The zero-order valence-electron chi connectivity index (χ0n) is 14.8. The summed E-state index contributed by atoms with van der Waals surface area (Å²) in [4.78, 5) is 19.2. The van der Waals surface area contributed by atoms with E-state index in [2.05, 4.69) is 36.0 Å². The summed E-state index contributed by atoms with van der Waals surface area (Å²) in [6, 6.07) is 4.45. The fourth-order valence-electron chi connectivity index (χ4n) is 4.47. The van der Waals surface area contributed by atoms with Crippen LogP contribution < -0.4 is 5.32 Å². The van der Waals surface area contributed by atoms with Gasteiger partial charge in [-0.2, -0.15) is 0 Å². The number of likely N-dealkylation sites (tertiary alicyclic amines) is 1. The van der Waals surface area contributed by atoms with Crippen molar-refractivity contribution in [2.45, 2.75) is 44.8 Å². The zero-order valence-corrected chi connectivity index (χ0v) is 14.8. The molecule has 3 aliphatic rings. The highest BCUT2D eigenvalue weighted by molar-refractivity contribution is 5.91. The molecular formula is C19H24N6O. The van der Waals surface area contributed by atoms with E-state index in [1.54, 1.807) is 0 Å². The highest BCUT2D eigenvalue weighted by Gasteiger charge is 2.39. The summed E-state index contributed by atoms with van der Waals surface area (Å²) in [6.45, 7) is 3.93. The molecule has 2 aliphatic heterocycles. The van der Waals surface area contributed by atoms with Gasteiger partial charge in [0, 0.05) is 51.0 Å². The Morgan fingerprint density at radius 3 is 2.85 bits per heavy atom. The van der Waals surface area contributed by atoms with Crippen molar-refractivity contribution in [1.29, 1.82) is 0 Å². The molecule has 0 radical (unpaired) electrons. The van der Waals surface area contributed by atoms with E-state index in [-0.39, 0.29) is 5.91 Å². The molecule has 2 aromatic heterocycles. The van der Waals surface area contributed by atoms with Crippen molar-refractivity contribution >= 4 is 5.91 Å². The third kappa shape index (κ3) is 2.90. The van der Waals surface area contributed by atoms with E-state index >= 15 is 0 Å². The molecule has 1 aliphatic carbocycles. The van der Waals surface area contributed by atoms with Crippen LogP contribution >= 0.6 is 0 Å². The molecule has 136 valence electrons. The van der Waals surface area contributed by atoms with Gasteiger partial charge in [-0.15, -0.1) is 10.2 Å². The maximum atomic E-state index is 12.5. The average Bonchev–Trinajstić information content (AvgIpc) is 3.19. The van der Waals surface area contributed by atoms with Gasteiger partial charge in [0.2, 0.25) is 5.82 Å². The van der Waals surface area contributed by atoms with Gasteiger partial charge in [0.25, 0.3) is 5.91 Å². The quantitative estimate of drug-likeness (QED) is 0.897. The van der Waals surface area contributed by atoms with Gasteiger partial charge in [-0.25, -0.2) is 0 Å². The Morgan fingerprint density at radius 1 is 1.19 bits per heavy atom. The monoisotopic (exact) mass is 352 g/mol. The number of nitrogens with zero attached hydrogens (tertiary/aromatic N) is 5. The lowest BCUT2D eigenvalue weighted by Gasteiger charge is -2.28. The Hall–Kier alpha value is -2.28. The van der Waals surface area contributed by atoms with Crippen molar-refractivity contribution in [3.8, 4) is 0 Å². The first kappa shape index (κ1) is 15.9. The number of fused-ring (bicyclic) bond motifs is 2. The number of rotatable bonds is 4. The number of nitrogens with one attached hydrogen (secondary N) is 1. The van der Waals surface area contributed by atoms with Crippen molar-refractivity contribution in [3.05, 3.63) is 41.7 Å². The second kappa shape index (κ2) is 6.46. The van der Waals surface area contributed by atoms with E-state index in [9.17, 15) is 4.79 Å². The Balaban J connectivity index is 1.27. The predicted octanol–water partition coefficient (Wildman–Crippen LogP) is 1.26. The summed E-state index contributed by atoms with van der Waals surface area (Å²) in [5.74, 6) is 2.57. The number of carbonyl (C=O) groups is 1. The van der Waals surface area contributed by atoms with E-state index in [0.717, 1.165) is 51.3 Å². The highest BCUT2D eigenvalue weighted by atomic mass is 16.2. The number of carbonyl (C=O) groups excluding carboxylic acids is 1. The minimum atomic E-state index is -0.0582. The normalized spacial score (nSPS) is 25.4. The second-order valence-electron chi connectivity index (χ2n) is 7.93. The Bertz CT molecular complexity index is 800. The molecule has 2 atom stereocenters. The number of pyridine rings is 1. The predicted molar refractivity (Wildman–Crippen MR) is 95.3 cm³/mol. The lowest BCUT2D eigenvalue weighted by Crippen LogP contribution is -2.41. The fourth-order valence-corrected chi connectivity index (χ4v) is 4.47. The summed E-state index contributed by atoms with van der Waals surface area (Å²) >= 11 is 0. The summed E-state index contributed by atoms with van der Waals surface area (Å²) in [6.07, 6.45) is 8.05. The standard InChI is InChI=1S/C19H24N6O/c26-19(21-16-4-1-5-16)18-23-22-17-7-14-10-24(11-15(14)12-25(17)18)9-13-3-2-6-20-8-13/h2-3,6,8,14-16H,1,4-5,7,9-12H2,(H,21,26)/t14-,15+/m1/s1. The number of hydrogen-bond acceptors (Lipinski definition) is 5. The molecule has 1 saturated carbocycles. The molecular weight excluding hydrogens is 328 g/mol. The minimum absolute atomic E-state index is 0.0582. The van der Waals surface area contributed by atoms with E-state index in [4.69, 9.17) is 0 Å². The molecule has 1 amide bonds. The first-order valence-corrected chi connectivity index (χ1v) is 9.60. The number of amides is 1. The van der Waals surface area contributed by atoms with E-state index in [0.29, 0.717) is 23.7 Å². The van der Waals surface area contributed by atoms with Crippen LogP contribution in [0.15, 0.2) is 24.5 Å². The lowest BCUT2D eigenvalue weighted by atomic mass is 9.89. The largest absolute Gasteiger partial charge is 0.347 e. The first-order chi connectivity index (χ1) is 12.8. The van der Waals surface area contributed by atoms with Crippen molar-refractivity contribution in [1.82, 2.24) is 30.0 Å². The molecule has 7 nitrogen and oxygen atoms in total. The van der Waals surface area contributed by atoms with Gasteiger partial charge < -0.3 is 9.88 Å². The van der Waals surface area contributed by atoms with Crippen LogP contribution in [0.3, 0.4) is 0 Å². The molecule has 1 N–H and O–H groups in total. The molecule has 2 fully saturated rings. The molecule has 0 aromatic carbocycles. The first-order valence-electron chi connectivity index (χ1n) is 9.60. The molecule has 7 heteroatoms. The average molecular weight is 352 g/mol. The summed E-state index contributed by atoms with van der Waals surface area (Å²) < 4.78 is 2.06. The zero-order chi connectivity index (χ0) is 17.5. The molecule has 0 spiro atoms. The number of aromatic nitrogens is 4. The molecule has 4 heterocycles. The van der Waals surface area contributed by atoms with E-state index in [1.165, 1.54) is 12.0 Å². The lowest BCUT2D eigenvalue weighted by molar-refractivity contribution is 0.0898. The number of hydrogen-bond donors (Lipinski definition) is 1. The van der Waals surface area contributed by atoms with Gasteiger partial charge in [-0.1, -0.05) is 6.07 Å². The molecule has 0 unspecified atom stereocenters. The van der Waals surface area contributed by atoms with Crippen molar-refractivity contribution in [2.75, 3.05) is 13.1 Å². The Morgan fingerprint density at radius 2 is 2.08 bits per heavy atom. The smallest absolute Gasteiger partial charge is 0.289 e. The second-order valence-corrected chi connectivity index (χ2v) is 7.93. The van der Waals surface area contributed by atoms with Crippen LogP contribution in [0.1, 0.15) is 41.3 Å². The van der Waals surface area contributed by atoms with Crippen LogP contribution in [0.4, 0.5) is 0 Å². The Kier molecular flexibility index (Phi) is 3.96. The molecule has 26 heavy (non-hydrogen) atoms. The molecule has 5 rings (SSSR count). The van der Waals surface area contributed by atoms with Crippen molar-refractivity contribution in [3.63, 3.8) is 0 Å². The van der Waals surface area contributed by atoms with Gasteiger partial charge >= 0.3 is 0 Å². The maximum Gasteiger partial charge on any atom is 0.289 e.